The number of pyridine rings is 1. The van der Waals surface area contributed by atoms with Crippen molar-refractivity contribution >= 4 is 34.1 Å². The Morgan fingerprint density at radius 3 is 2.76 bits per heavy atom. The van der Waals surface area contributed by atoms with Crippen LogP contribution < -0.4 is 10.5 Å². The molecule has 3 N–H and O–H groups in total. The molecule has 11 heteroatoms. The number of aromatic nitrogens is 4. The van der Waals surface area contributed by atoms with E-state index in [2.05, 4.69) is 10.1 Å². The minimum Gasteiger partial charge on any atom is -0.494 e. The van der Waals surface area contributed by atoms with Crippen LogP contribution >= 0.6 is 0 Å². The minimum absolute atomic E-state index is 0.160. The molecule has 0 saturated carbocycles. The van der Waals surface area contributed by atoms with Gasteiger partial charge in [0.25, 0.3) is 5.91 Å². The van der Waals surface area contributed by atoms with Gasteiger partial charge in [-0.3, -0.25) is 14.6 Å². The van der Waals surface area contributed by atoms with Crippen molar-refractivity contribution in [2.75, 3.05) is 19.5 Å². The second-order valence-corrected chi connectivity index (χ2v) is 9.40. The quantitative estimate of drug-likeness (QED) is 0.356. The van der Waals surface area contributed by atoms with Crippen LogP contribution in [0.3, 0.4) is 0 Å². The van der Waals surface area contributed by atoms with Crippen LogP contribution in [0, 0.1) is 5.82 Å². The second-order valence-electron chi connectivity index (χ2n) is 9.40. The fourth-order valence-corrected chi connectivity index (χ4v) is 5.08. The Balaban J connectivity index is 1.56. The summed E-state index contributed by atoms with van der Waals surface area (Å²) in [4.78, 5) is 35.6. The number of carbonyl (C=O) groups excluding carboxylic acids is 2. The third-order valence-corrected chi connectivity index (χ3v) is 6.80. The van der Waals surface area contributed by atoms with Gasteiger partial charge in [-0.15, -0.1) is 0 Å². The first-order valence-electron chi connectivity index (χ1n) is 12.1. The number of rotatable bonds is 7. The van der Waals surface area contributed by atoms with Crippen LogP contribution in [-0.2, 0) is 11.2 Å². The maximum absolute atomic E-state index is 14.1. The molecule has 0 spiro atoms. The van der Waals surface area contributed by atoms with Crippen molar-refractivity contribution in [3.05, 3.63) is 59.4 Å². The van der Waals surface area contributed by atoms with Crippen molar-refractivity contribution in [1.29, 1.82) is 0 Å². The number of nitrogen functional groups attached to an aromatic ring is 1. The van der Waals surface area contributed by atoms with Crippen LogP contribution in [0.2, 0.25) is 0 Å². The van der Waals surface area contributed by atoms with Crippen molar-refractivity contribution in [2.45, 2.75) is 39.2 Å². The summed E-state index contributed by atoms with van der Waals surface area (Å²) in [5.74, 6) is -0.588. The van der Waals surface area contributed by atoms with E-state index in [9.17, 15) is 19.1 Å². The van der Waals surface area contributed by atoms with Crippen molar-refractivity contribution < 1.29 is 23.8 Å². The van der Waals surface area contributed by atoms with E-state index in [0.717, 1.165) is 5.57 Å². The molecule has 1 atom stereocenters. The summed E-state index contributed by atoms with van der Waals surface area (Å²) in [6.45, 7) is 2.77. The van der Waals surface area contributed by atoms with Crippen LogP contribution in [0.25, 0.3) is 27.7 Å². The Bertz CT molecular complexity index is 1630. The lowest BCUT2D eigenvalue weighted by Crippen LogP contribution is -2.35. The van der Waals surface area contributed by atoms with Crippen molar-refractivity contribution in [1.82, 2.24) is 24.5 Å². The molecular formula is C27H27FN6O4. The van der Waals surface area contributed by atoms with Gasteiger partial charge >= 0.3 is 0 Å². The third kappa shape index (κ3) is 4.34. The number of nitrogens with two attached hydrogens (primary N) is 1. The van der Waals surface area contributed by atoms with Gasteiger partial charge in [-0.1, -0.05) is 5.57 Å². The highest BCUT2D eigenvalue weighted by atomic mass is 19.1. The largest absolute Gasteiger partial charge is 0.494 e. The number of aliphatic hydroxyl groups is 1. The average molecular weight is 519 g/mol. The Kier molecular flexibility index (Phi) is 6.53. The number of aryl methyl sites for hydroxylation is 1. The van der Waals surface area contributed by atoms with E-state index in [1.165, 1.54) is 30.7 Å². The fourth-order valence-electron chi connectivity index (χ4n) is 5.08. The van der Waals surface area contributed by atoms with E-state index in [4.69, 9.17) is 15.5 Å². The molecule has 0 bridgehead atoms. The zero-order valence-corrected chi connectivity index (χ0v) is 21.2. The lowest BCUT2D eigenvalue weighted by molar-refractivity contribution is -0.133. The molecule has 196 valence electrons. The number of ketones is 1. The number of benzene rings is 1. The number of ether oxygens (including phenoxy) is 1. The molecule has 3 aromatic heterocycles. The molecule has 1 aliphatic heterocycles. The molecule has 1 unspecified atom stereocenters. The molecular weight excluding hydrogens is 491 g/mol. The Morgan fingerprint density at radius 1 is 1.26 bits per heavy atom. The second kappa shape index (κ2) is 9.82. The highest BCUT2D eigenvalue weighted by molar-refractivity contribution is 6.00. The first-order valence-corrected chi connectivity index (χ1v) is 12.1. The molecule has 38 heavy (non-hydrogen) atoms. The van der Waals surface area contributed by atoms with Gasteiger partial charge in [0.1, 0.15) is 29.5 Å². The lowest BCUT2D eigenvalue weighted by atomic mass is 10.0. The molecule has 1 amide bonds. The molecule has 4 heterocycles. The zero-order valence-electron chi connectivity index (χ0n) is 21.2. The monoisotopic (exact) mass is 518 g/mol. The van der Waals surface area contributed by atoms with E-state index >= 15 is 0 Å². The van der Waals surface area contributed by atoms with E-state index in [-0.39, 0.29) is 29.1 Å². The Morgan fingerprint density at radius 2 is 2.05 bits per heavy atom. The molecule has 0 radical (unpaired) electrons. The van der Waals surface area contributed by atoms with Crippen LogP contribution in [0.5, 0.6) is 5.75 Å². The minimum atomic E-state index is -0.578. The number of hydrogen-bond acceptors (Lipinski definition) is 8. The summed E-state index contributed by atoms with van der Waals surface area (Å²) in [5.41, 5.74) is 10.4. The first kappa shape index (κ1) is 25.3. The lowest BCUT2D eigenvalue weighted by Gasteiger charge is -2.23. The standard InChI is InChI=1S/C27H27FN6O4/c1-14-6-19(33(12-14)23(37)13-35)4-5-21-24(15(2)36)26(29)34-27(32-21)20(11-31-34)17-7-16-8-18(28)9-22(38-3)25(16)30-10-17/h7-12,19,35H,4-6,13,29H2,1-3H3. The van der Waals surface area contributed by atoms with E-state index in [0.29, 0.717) is 58.4 Å². The van der Waals surface area contributed by atoms with E-state index < -0.39 is 12.4 Å². The molecule has 0 saturated heterocycles. The molecule has 0 fully saturated rings. The van der Waals surface area contributed by atoms with Crippen molar-refractivity contribution in [3.63, 3.8) is 0 Å². The predicted octanol–water partition coefficient (Wildman–Crippen LogP) is 3.31. The maximum Gasteiger partial charge on any atom is 0.252 e. The fraction of sp³-hybridized carbons (Fsp3) is 0.296. The number of anilines is 1. The number of fused-ring (bicyclic) bond motifs is 2. The highest BCUT2D eigenvalue weighted by Gasteiger charge is 2.28. The third-order valence-electron chi connectivity index (χ3n) is 6.80. The molecule has 0 aliphatic carbocycles. The van der Waals surface area contributed by atoms with Crippen LogP contribution in [0.15, 0.2) is 42.4 Å². The van der Waals surface area contributed by atoms with Gasteiger partial charge < -0.3 is 20.5 Å². The van der Waals surface area contributed by atoms with Gasteiger partial charge in [-0.05, 0) is 45.2 Å². The van der Waals surface area contributed by atoms with Gasteiger partial charge in [0.05, 0.1) is 24.6 Å². The summed E-state index contributed by atoms with van der Waals surface area (Å²) in [7, 11) is 1.46. The summed E-state index contributed by atoms with van der Waals surface area (Å²) < 4.78 is 20.8. The molecule has 5 rings (SSSR count). The van der Waals surface area contributed by atoms with Gasteiger partial charge in [0.15, 0.2) is 11.4 Å². The highest BCUT2D eigenvalue weighted by Crippen LogP contribution is 2.33. The summed E-state index contributed by atoms with van der Waals surface area (Å²) in [6.07, 6.45) is 6.51. The van der Waals surface area contributed by atoms with Crippen LogP contribution in [-0.4, -0.2) is 61.0 Å². The molecule has 1 aliphatic rings. The van der Waals surface area contributed by atoms with Crippen LogP contribution in [0.4, 0.5) is 10.2 Å². The number of aliphatic hydroxyl groups excluding tert-OH is 1. The smallest absolute Gasteiger partial charge is 0.252 e. The number of hydrogen-bond donors (Lipinski definition) is 2. The average Bonchev–Trinajstić information content (AvgIpc) is 3.49. The van der Waals surface area contributed by atoms with Gasteiger partial charge in [-0.25, -0.2) is 9.37 Å². The molecule has 10 nitrogen and oxygen atoms in total. The van der Waals surface area contributed by atoms with Gasteiger partial charge in [0, 0.05) is 41.0 Å². The predicted molar refractivity (Wildman–Crippen MR) is 139 cm³/mol. The zero-order chi connectivity index (χ0) is 27.1. The number of halogens is 1. The van der Waals surface area contributed by atoms with Gasteiger partial charge in [0.2, 0.25) is 0 Å². The number of methoxy groups -OCH3 is 1. The molecule has 1 aromatic carbocycles. The summed E-state index contributed by atoms with van der Waals surface area (Å²) >= 11 is 0. The molecule has 4 aromatic rings. The number of Topliss-reactive ketones (excluding diaryl/α,β-unsaturated/α-hetero) is 1. The normalized spacial score (nSPS) is 15.3. The van der Waals surface area contributed by atoms with Gasteiger partial charge in [-0.2, -0.15) is 9.61 Å². The SMILES string of the molecule is COc1cc(F)cc2cc(-c3cnn4c(N)c(C(C)=O)c(CCC5CC(C)=CN5C(=O)CO)nc34)cnc12. The summed E-state index contributed by atoms with van der Waals surface area (Å²) in [6, 6.07) is 4.26. The number of amides is 1. The summed E-state index contributed by atoms with van der Waals surface area (Å²) in [5, 5.41) is 14.3. The first-order chi connectivity index (χ1) is 18.2. The van der Waals surface area contributed by atoms with Crippen molar-refractivity contribution in [3.8, 4) is 16.9 Å². The topological polar surface area (TPSA) is 136 Å². The van der Waals surface area contributed by atoms with Crippen LogP contribution in [0.1, 0.15) is 42.7 Å². The Hall–Kier alpha value is -4.38. The number of nitrogens with zero attached hydrogens (tertiary/aromatic N) is 5. The van der Waals surface area contributed by atoms with E-state index in [1.54, 1.807) is 29.6 Å². The number of carbonyl (C=O) groups is 2. The maximum atomic E-state index is 14.1. The Labute approximate surface area is 217 Å². The van der Waals surface area contributed by atoms with E-state index in [1.807, 2.05) is 6.92 Å². The van der Waals surface area contributed by atoms with Crippen molar-refractivity contribution in [2.24, 2.45) is 0 Å².